The predicted molar refractivity (Wildman–Crippen MR) is 99.7 cm³/mol. The van der Waals surface area contributed by atoms with Crippen LogP contribution in [0.1, 0.15) is 0 Å². The quantitative estimate of drug-likeness (QED) is 0.411. The Balaban J connectivity index is 0.000000364. The number of hydrogen-bond donors (Lipinski definition) is 0. The molecule has 0 saturated heterocycles. The third-order valence-electron chi connectivity index (χ3n) is 3.56. The van der Waals surface area contributed by atoms with Gasteiger partial charge >= 0.3 is 17.1 Å². The van der Waals surface area contributed by atoms with Gasteiger partial charge in [-0.1, -0.05) is 26.2 Å². The van der Waals surface area contributed by atoms with Crippen molar-refractivity contribution in [3.8, 4) is 0 Å². The van der Waals surface area contributed by atoms with Gasteiger partial charge in [-0.25, -0.2) is 24.3 Å². The smallest absolute Gasteiger partial charge is 0.214 e. The second-order valence-electron chi connectivity index (χ2n) is 6.38. The Morgan fingerprint density at radius 1 is 0.667 bits per heavy atom. The first-order valence-electron chi connectivity index (χ1n) is 6.90. The van der Waals surface area contributed by atoms with Crippen molar-refractivity contribution in [1.29, 1.82) is 0 Å². The Kier molecular flexibility index (Phi) is 9.49. The van der Waals surface area contributed by atoms with Crippen LogP contribution in [-0.2, 0) is 17.1 Å². The first-order chi connectivity index (χ1) is 9.33. The molecule has 0 aliphatic carbocycles. The molecule has 0 heterocycles. The Hall–Kier alpha value is 0.233. The van der Waals surface area contributed by atoms with E-state index >= 15 is 0 Å². The summed E-state index contributed by atoms with van der Waals surface area (Å²) in [6, 6.07) is 17.0. The maximum absolute atomic E-state index is 5.85. The SMILES string of the molecule is C[Si](C)(CCl)[c-]1cccc1.C[Si](C)(CCl)[c-]1cccc1.[Fe+2]. The molecule has 0 aliphatic heterocycles. The second kappa shape index (κ2) is 9.39. The summed E-state index contributed by atoms with van der Waals surface area (Å²) < 4.78 is 0. The van der Waals surface area contributed by atoms with Crippen molar-refractivity contribution in [3.05, 3.63) is 48.5 Å². The summed E-state index contributed by atoms with van der Waals surface area (Å²) in [6.07, 6.45) is 0. The van der Waals surface area contributed by atoms with E-state index in [1.165, 1.54) is 10.4 Å². The van der Waals surface area contributed by atoms with Crippen LogP contribution in [-0.4, -0.2) is 27.2 Å². The zero-order valence-electron chi connectivity index (χ0n) is 13.1. The molecule has 0 fully saturated rings. The molecule has 0 amide bonds. The van der Waals surface area contributed by atoms with Gasteiger partial charge in [0.05, 0.1) is 0 Å². The van der Waals surface area contributed by atoms with Gasteiger partial charge in [0.1, 0.15) is 0 Å². The van der Waals surface area contributed by atoms with E-state index in [0.29, 0.717) is 0 Å². The van der Waals surface area contributed by atoms with Crippen molar-refractivity contribution in [3.63, 3.8) is 0 Å². The van der Waals surface area contributed by atoms with Crippen LogP contribution in [0.3, 0.4) is 0 Å². The van der Waals surface area contributed by atoms with Gasteiger partial charge in [-0.3, -0.25) is 0 Å². The van der Waals surface area contributed by atoms with Gasteiger partial charge in [-0.05, 0) is 0 Å². The van der Waals surface area contributed by atoms with Crippen LogP contribution in [0.25, 0.3) is 0 Å². The fourth-order valence-corrected chi connectivity index (χ4v) is 5.23. The third-order valence-corrected chi connectivity index (χ3v) is 12.7. The fourth-order valence-electron chi connectivity index (χ4n) is 1.80. The second-order valence-corrected chi connectivity index (χ2v) is 17.2. The number of halogens is 2. The van der Waals surface area contributed by atoms with E-state index in [0.717, 1.165) is 11.0 Å². The van der Waals surface area contributed by atoms with Crippen LogP contribution in [0.4, 0.5) is 0 Å². The van der Waals surface area contributed by atoms with Crippen LogP contribution in [0.5, 0.6) is 0 Å². The van der Waals surface area contributed by atoms with Gasteiger partial charge in [0.2, 0.25) is 0 Å². The van der Waals surface area contributed by atoms with Gasteiger partial charge in [-0.2, -0.15) is 34.6 Å². The summed E-state index contributed by atoms with van der Waals surface area (Å²) in [5, 5.41) is 2.92. The molecule has 0 atom stereocenters. The van der Waals surface area contributed by atoms with Crippen molar-refractivity contribution in [2.75, 3.05) is 11.0 Å². The maximum atomic E-state index is 5.85. The van der Waals surface area contributed by atoms with Gasteiger partial charge in [0.25, 0.3) is 0 Å². The van der Waals surface area contributed by atoms with Gasteiger partial charge in [0, 0.05) is 27.2 Å². The standard InChI is InChI=1S/2C8H12ClSi.Fe/c2*1-10(2,7-9)8-5-3-4-6-8;/h2*3-6H,7H2,1-2H3;/q2*-1;+2. The van der Waals surface area contributed by atoms with Crippen LogP contribution in [0.2, 0.25) is 26.2 Å². The molecule has 21 heavy (non-hydrogen) atoms. The molecule has 0 aliphatic rings. The molecule has 118 valence electrons. The van der Waals surface area contributed by atoms with E-state index in [4.69, 9.17) is 23.2 Å². The Labute approximate surface area is 152 Å². The third kappa shape index (κ3) is 6.47. The van der Waals surface area contributed by atoms with E-state index in [2.05, 4.69) is 74.7 Å². The molecular formula is C16H24Cl2FeSi2. The molecule has 0 unspecified atom stereocenters. The van der Waals surface area contributed by atoms with E-state index in [1.807, 2.05) is 0 Å². The molecule has 2 rings (SSSR count). The zero-order chi connectivity index (χ0) is 15.2. The summed E-state index contributed by atoms with van der Waals surface area (Å²) in [5.41, 5.74) is 1.63. The monoisotopic (exact) mass is 398 g/mol. The number of alkyl halides is 2. The summed E-state index contributed by atoms with van der Waals surface area (Å²) in [7, 11) is -2.47. The van der Waals surface area contributed by atoms with Crippen LogP contribution >= 0.6 is 23.2 Å². The Bertz CT molecular complexity index is 430. The summed E-state index contributed by atoms with van der Waals surface area (Å²) in [4.78, 5) is 0. The molecule has 0 bridgehead atoms. The molecule has 0 N–H and O–H groups in total. The zero-order valence-corrected chi connectivity index (χ0v) is 17.8. The number of hydrogen-bond acceptors (Lipinski definition) is 0. The van der Waals surface area contributed by atoms with Gasteiger partial charge in [0.15, 0.2) is 0 Å². The van der Waals surface area contributed by atoms with Crippen molar-refractivity contribution in [1.82, 2.24) is 0 Å². The van der Waals surface area contributed by atoms with Crippen LogP contribution < -0.4 is 10.4 Å². The fraction of sp³-hybridized carbons (Fsp3) is 0.375. The predicted octanol–water partition coefficient (Wildman–Crippen LogP) is 4.20. The molecule has 0 nitrogen and oxygen atoms in total. The van der Waals surface area contributed by atoms with E-state index < -0.39 is 16.1 Å². The first-order valence-corrected chi connectivity index (χ1v) is 14.4. The summed E-state index contributed by atoms with van der Waals surface area (Å²) in [5.74, 6) is 0. The minimum atomic E-state index is -1.24. The van der Waals surface area contributed by atoms with E-state index in [1.54, 1.807) is 0 Å². The average Bonchev–Trinajstić information content (AvgIpc) is 3.12. The normalized spacial score (nSPS) is 11.3. The van der Waals surface area contributed by atoms with E-state index in [9.17, 15) is 0 Å². The number of rotatable bonds is 4. The largest absolute Gasteiger partial charge is 2.00 e. The van der Waals surface area contributed by atoms with Gasteiger partial charge in [-0.15, -0.1) is 23.2 Å². The van der Waals surface area contributed by atoms with Crippen LogP contribution in [0.15, 0.2) is 48.5 Å². The molecule has 0 spiro atoms. The Morgan fingerprint density at radius 3 is 1.10 bits per heavy atom. The molecule has 0 saturated carbocycles. The summed E-state index contributed by atoms with van der Waals surface area (Å²) in [6.45, 7) is 9.15. The van der Waals surface area contributed by atoms with Crippen molar-refractivity contribution < 1.29 is 17.1 Å². The molecule has 0 aromatic heterocycles. The van der Waals surface area contributed by atoms with Gasteiger partial charge < -0.3 is 0 Å². The molecular weight excluding hydrogens is 375 g/mol. The van der Waals surface area contributed by atoms with Crippen LogP contribution in [0, 0.1) is 0 Å². The first kappa shape index (κ1) is 21.2. The summed E-state index contributed by atoms with van der Waals surface area (Å²) >= 11 is 11.7. The minimum absolute atomic E-state index is 0. The Morgan fingerprint density at radius 2 is 0.905 bits per heavy atom. The van der Waals surface area contributed by atoms with Crippen molar-refractivity contribution >= 4 is 49.7 Å². The minimum Gasteiger partial charge on any atom is -0.214 e. The maximum Gasteiger partial charge on any atom is 2.00 e. The van der Waals surface area contributed by atoms with Crippen molar-refractivity contribution in [2.45, 2.75) is 26.2 Å². The molecule has 0 radical (unpaired) electrons. The molecule has 2 aromatic carbocycles. The molecule has 2 aromatic rings. The van der Waals surface area contributed by atoms with Crippen molar-refractivity contribution in [2.24, 2.45) is 0 Å². The van der Waals surface area contributed by atoms with E-state index in [-0.39, 0.29) is 17.1 Å². The molecule has 5 heteroatoms. The topological polar surface area (TPSA) is 0 Å². The average molecular weight is 399 g/mol.